The first-order valence-corrected chi connectivity index (χ1v) is 7.80. The Morgan fingerprint density at radius 3 is 2.39 bits per heavy atom. The van der Waals surface area contributed by atoms with Gasteiger partial charge in [-0.1, -0.05) is 39.8 Å². The van der Waals surface area contributed by atoms with Crippen molar-refractivity contribution in [1.82, 2.24) is 14.6 Å². The minimum atomic E-state index is 0.864. The molecule has 0 aliphatic carbocycles. The largest absolute Gasteiger partial charge is 0.428 e. The predicted octanol–water partition coefficient (Wildman–Crippen LogP) is 3.37. The lowest BCUT2D eigenvalue weighted by Gasteiger charge is -2.01. The van der Waals surface area contributed by atoms with Crippen molar-refractivity contribution in [1.29, 1.82) is 0 Å². The molecule has 3 heterocycles. The number of benzene rings is 1. The summed E-state index contributed by atoms with van der Waals surface area (Å²) in [4.78, 5) is 4.76. The molecule has 0 unspecified atom stereocenters. The first-order chi connectivity index (χ1) is 11.1. The van der Waals surface area contributed by atoms with Crippen molar-refractivity contribution < 1.29 is 4.40 Å². The summed E-state index contributed by atoms with van der Waals surface area (Å²) in [7, 11) is 0. The summed E-state index contributed by atoms with van der Waals surface area (Å²) in [6.07, 6.45) is 0. The monoisotopic (exact) mass is 303 g/mol. The molecule has 0 atom stereocenters. The second kappa shape index (κ2) is 4.88. The van der Waals surface area contributed by atoms with E-state index in [2.05, 4.69) is 54.6 Å². The highest BCUT2D eigenvalue weighted by molar-refractivity contribution is 5.79. The van der Waals surface area contributed by atoms with E-state index in [0.717, 1.165) is 34.1 Å². The third-order valence-electron chi connectivity index (χ3n) is 4.20. The smallest absolute Gasteiger partial charge is 0.193 e. The van der Waals surface area contributed by atoms with Gasteiger partial charge in [-0.15, -0.1) is 5.10 Å². The number of imidazole rings is 1. The first-order valence-electron chi connectivity index (χ1n) is 7.80. The van der Waals surface area contributed by atoms with Gasteiger partial charge >= 0.3 is 5.78 Å². The van der Waals surface area contributed by atoms with Crippen LogP contribution in [0.3, 0.4) is 0 Å². The van der Waals surface area contributed by atoms with Crippen LogP contribution in [0.15, 0.2) is 42.5 Å². The topological polar surface area (TPSA) is 34.3 Å². The van der Waals surface area contributed by atoms with Gasteiger partial charge in [0, 0.05) is 11.6 Å². The molecule has 0 saturated carbocycles. The fraction of sp³-hybridized carbons (Fsp3) is 0.211. The van der Waals surface area contributed by atoms with Gasteiger partial charge in [0.1, 0.15) is 5.69 Å². The van der Waals surface area contributed by atoms with Gasteiger partial charge in [0.2, 0.25) is 0 Å². The summed E-state index contributed by atoms with van der Waals surface area (Å²) >= 11 is 0. The minimum Gasteiger partial charge on any atom is -0.193 e. The van der Waals surface area contributed by atoms with Crippen LogP contribution in [0.2, 0.25) is 0 Å². The Hall–Kier alpha value is -2.75. The fourth-order valence-electron chi connectivity index (χ4n) is 3.37. The Balaban J connectivity index is 2.31. The predicted molar refractivity (Wildman–Crippen MR) is 90.5 cm³/mol. The van der Waals surface area contributed by atoms with Crippen molar-refractivity contribution in [3.8, 4) is 11.3 Å². The lowest BCUT2D eigenvalue weighted by atomic mass is 10.1. The van der Waals surface area contributed by atoms with Gasteiger partial charge in [-0.3, -0.25) is 0 Å². The summed E-state index contributed by atoms with van der Waals surface area (Å²) in [5.74, 6) is 0.864. The lowest BCUT2D eigenvalue weighted by Crippen LogP contribution is -2.28. The van der Waals surface area contributed by atoms with E-state index in [1.807, 2.05) is 24.4 Å². The molecular formula is C19H19N4+. The molecule has 0 N–H and O–H groups in total. The maximum absolute atomic E-state index is 4.76. The highest BCUT2D eigenvalue weighted by atomic mass is 15.3. The molecule has 0 aliphatic heterocycles. The van der Waals surface area contributed by atoms with E-state index in [-0.39, 0.29) is 0 Å². The van der Waals surface area contributed by atoms with Crippen LogP contribution in [0.4, 0.5) is 0 Å². The van der Waals surface area contributed by atoms with E-state index in [9.17, 15) is 0 Å². The standard InChI is InChI=1S/C19H19N4/c1-12-10-14(3)21-23-17(12)18(16-8-6-5-7-9-16)22-15(4)11-13(2)20-19(22)23/h5-11H,1-4H3/q+1. The van der Waals surface area contributed by atoms with Gasteiger partial charge in [0.15, 0.2) is 11.2 Å². The third kappa shape index (κ3) is 2.02. The fourth-order valence-corrected chi connectivity index (χ4v) is 3.37. The van der Waals surface area contributed by atoms with Crippen LogP contribution >= 0.6 is 0 Å². The molecule has 4 aromatic rings. The average Bonchev–Trinajstić information content (AvgIpc) is 2.83. The van der Waals surface area contributed by atoms with E-state index in [4.69, 9.17) is 10.1 Å². The van der Waals surface area contributed by atoms with Crippen molar-refractivity contribution >= 4 is 11.3 Å². The maximum Gasteiger partial charge on any atom is 0.428 e. The number of aryl methyl sites for hydroxylation is 4. The van der Waals surface area contributed by atoms with E-state index in [0.29, 0.717) is 0 Å². The molecule has 0 saturated heterocycles. The van der Waals surface area contributed by atoms with Crippen LogP contribution in [0.1, 0.15) is 22.6 Å². The van der Waals surface area contributed by atoms with Gasteiger partial charge in [0.05, 0.1) is 11.4 Å². The number of rotatable bonds is 1. The summed E-state index contributed by atoms with van der Waals surface area (Å²) in [6, 6.07) is 14.7. The molecule has 1 aromatic carbocycles. The van der Waals surface area contributed by atoms with Crippen LogP contribution in [-0.2, 0) is 0 Å². The number of fused-ring (bicyclic) bond motifs is 3. The summed E-state index contributed by atoms with van der Waals surface area (Å²) in [6.45, 7) is 8.30. The zero-order chi connectivity index (χ0) is 16.1. The van der Waals surface area contributed by atoms with Crippen molar-refractivity contribution in [3.63, 3.8) is 0 Å². The van der Waals surface area contributed by atoms with Gasteiger partial charge in [-0.2, -0.15) is 4.40 Å². The molecule has 3 aromatic heterocycles. The average molecular weight is 303 g/mol. The van der Waals surface area contributed by atoms with Crippen molar-refractivity contribution in [2.45, 2.75) is 27.7 Å². The van der Waals surface area contributed by atoms with Gasteiger partial charge in [-0.05, 0) is 39.3 Å². The first kappa shape index (κ1) is 13.9. The van der Waals surface area contributed by atoms with Gasteiger partial charge in [0.25, 0.3) is 0 Å². The molecule has 23 heavy (non-hydrogen) atoms. The molecule has 0 bridgehead atoms. The Bertz CT molecular complexity index is 981. The molecule has 4 nitrogen and oxygen atoms in total. The van der Waals surface area contributed by atoms with Gasteiger partial charge < -0.3 is 0 Å². The summed E-state index contributed by atoms with van der Waals surface area (Å²) in [5, 5.41) is 4.73. The van der Waals surface area contributed by atoms with Crippen LogP contribution in [0.25, 0.3) is 22.6 Å². The minimum absolute atomic E-state index is 0.864. The highest BCUT2D eigenvalue weighted by Gasteiger charge is 2.26. The van der Waals surface area contributed by atoms with Crippen molar-refractivity contribution in [2.75, 3.05) is 0 Å². The maximum atomic E-state index is 4.76. The van der Waals surface area contributed by atoms with E-state index in [1.54, 1.807) is 0 Å². The number of nitrogens with zero attached hydrogens (tertiary/aromatic N) is 4. The lowest BCUT2D eigenvalue weighted by molar-refractivity contribution is -0.508. The molecule has 4 heteroatoms. The molecule has 0 spiro atoms. The number of hydrogen-bond acceptors (Lipinski definition) is 2. The van der Waals surface area contributed by atoms with Crippen LogP contribution in [-0.4, -0.2) is 14.6 Å². The van der Waals surface area contributed by atoms with Crippen LogP contribution < -0.4 is 4.40 Å². The summed E-state index contributed by atoms with van der Waals surface area (Å²) in [5.41, 5.74) is 7.80. The molecule has 114 valence electrons. The molecule has 4 rings (SSSR count). The zero-order valence-corrected chi connectivity index (χ0v) is 13.8. The second-order valence-corrected chi connectivity index (χ2v) is 6.12. The highest BCUT2D eigenvalue weighted by Crippen LogP contribution is 2.26. The Morgan fingerprint density at radius 2 is 1.65 bits per heavy atom. The van der Waals surface area contributed by atoms with Crippen molar-refractivity contribution in [3.05, 3.63) is 65.1 Å². The second-order valence-electron chi connectivity index (χ2n) is 6.12. The van der Waals surface area contributed by atoms with Crippen molar-refractivity contribution in [2.24, 2.45) is 0 Å². The zero-order valence-electron chi connectivity index (χ0n) is 13.8. The van der Waals surface area contributed by atoms with E-state index in [1.165, 1.54) is 11.1 Å². The number of hydrogen-bond donors (Lipinski definition) is 0. The molecule has 0 radical (unpaired) electrons. The van der Waals surface area contributed by atoms with E-state index < -0.39 is 0 Å². The van der Waals surface area contributed by atoms with Crippen LogP contribution in [0.5, 0.6) is 0 Å². The Kier molecular flexibility index (Phi) is 2.94. The molecule has 0 amide bonds. The Labute approximate surface area is 135 Å². The Morgan fingerprint density at radius 1 is 0.913 bits per heavy atom. The summed E-state index contributed by atoms with van der Waals surface area (Å²) < 4.78 is 4.18. The molecule has 0 aliphatic rings. The third-order valence-corrected chi connectivity index (χ3v) is 4.20. The SMILES string of the molecule is Cc1cc(C)[n+]2c(-c3ccccc3)c3c(C)cc(C)nn3c2n1. The number of aromatic nitrogens is 4. The molecule has 0 fully saturated rings. The quantitative estimate of drug-likeness (QED) is 0.505. The van der Waals surface area contributed by atoms with E-state index >= 15 is 0 Å². The molecular weight excluding hydrogens is 284 g/mol. The van der Waals surface area contributed by atoms with Gasteiger partial charge in [-0.25, -0.2) is 0 Å². The normalized spacial score (nSPS) is 11.5. The van der Waals surface area contributed by atoms with Crippen LogP contribution in [0, 0.1) is 27.7 Å².